The Bertz CT molecular complexity index is 845. The number of aromatic hydroxyl groups is 1. The number of nitrogens with two attached hydrogens (primary N) is 1. The smallest absolute Gasteiger partial charge is 0.146 e. The number of nitrogens with zero attached hydrogens (tertiary/aromatic N) is 3. The third-order valence-corrected chi connectivity index (χ3v) is 3.48. The summed E-state index contributed by atoms with van der Waals surface area (Å²) in [5, 5.41) is 15.6. The number of aryl methyl sites for hydroxylation is 1. The summed E-state index contributed by atoms with van der Waals surface area (Å²) in [6.45, 7) is 1.87. The molecule has 2 heterocycles. The quantitative estimate of drug-likeness (QED) is 0.432. The average Bonchev–Trinajstić information content (AvgIpc) is 2.78. The van der Waals surface area contributed by atoms with Gasteiger partial charge in [0.1, 0.15) is 22.3 Å². The van der Waals surface area contributed by atoms with Crippen LogP contribution in [0.15, 0.2) is 24.4 Å². The van der Waals surface area contributed by atoms with E-state index in [9.17, 15) is 5.11 Å². The lowest BCUT2D eigenvalue weighted by Gasteiger charge is -2.11. The maximum atomic E-state index is 9.85. The second kappa shape index (κ2) is 4.82. The molecular weight excluding hydrogens is 292 g/mol. The summed E-state index contributed by atoms with van der Waals surface area (Å²) in [7, 11) is 1.53. The first kappa shape index (κ1) is 13.5. The van der Waals surface area contributed by atoms with Crippen LogP contribution in [0.5, 0.6) is 11.5 Å². The van der Waals surface area contributed by atoms with E-state index in [1.54, 1.807) is 23.0 Å². The lowest BCUT2D eigenvalue weighted by atomic mass is 10.2. The molecule has 2 aromatic heterocycles. The lowest BCUT2D eigenvalue weighted by Crippen LogP contribution is -2.01. The van der Waals surface area contributed by atoms with Gasteiger partial charge in [0.05, 0.1) is 24.0 Å². The number of pyridine rings is 1. The standard InChI is InChI=1S/C14H13ClN4O2/c1-7-8-6-17-14(15)5-10(8)19(18-7)11-4-12(20)9(16)3-13(11)21-2/h3-6,20H,16H2,1-2H3. The van der Waals surface area contributed by atoms with Crippen molar-refractivity contribution in [3.05, 3.63) is 35.2 Å². The van der Waals surface area contributed by atoms with Crippen LogP contribution in [0.3, 0.4) is 0 Å². The van der Waals surface area contributed by atoms with E-state index in [-0.39, 0.29) is 11.4 Å². The van der Waals surface area contributed by atoms with Gasteiger partial charge in [-0.3, -0.25) is 0 Å². The predicted molar refractivity (Wildman–Crippen MR) is 81.2 cm³/mol. The van der Waals surface area contributed by atoms with Crippen LogP contribution in [0.1, 0.15) is 5.69 Å². The number of fused-ring (bicyclic) bond motifs is 1. The fourth-order valence-corrected chi connectivity index (χ4v) is 2.37. The fourth-order valence-electron chi connectivity index (χ4n) is 2.22. The molecule has 0 amide bonds. The SMILES string of the molecule is COc1cc(N)c(O)cc1-n1nc(C)c2cnc(Cl)cc21. The second-order valence-corrected chi connectivity index (χ2v) is 4.99. The molecule has 0 aliphatic heterocycles. The lowest BCUT2D eigenvalue weighted by molar-refractivity contribution is 0.410. The van der Waals surface area contributed by atoms with Gasteiger partial charge < -0.3 is 15.6 Å². The van der Waals surface area contributed by atoms with Crippen molar-refractivity contribution in [1.29, 1.82) is 0 Å². The zero-order valence-electron chi connectivity index (χ0n) is 11.5. The molecule has 3 aromatic rings. The van der Waals surface area contributed by atoms with Gasteiger partial charge >= 0.3 is 0 Å². The van der Waals surface area contributed by atoms with Crippen molar-refractivity contribution in [2.45, 2.75) is 6.92 Å². The van der Waals surface area contributed by atoms with Crippen LogP contribution in [-0.4, -0.2) is 27.0 Å². The zero-order valence-corrected chi connectivity index (χ0v) is 12.2. The highest BCUT2D eigenvalue weighted by atomic mass is 35.5. The van der Waals surface area contributed by atoms with Crippen LogP contribution in [0.25, 0.3) is 16.6 Å². The van der Waals surface area contributed by atoms with Gasteiger partial charge in [-0.25, -0.2) is 9.67 Å². The molecule has 7 heteroatoms. The molecule has 1 aromatic carbocycles. The van der Waals surface area contributed by atoms with Crippen LogP contribution < -0.4 is 10.5 Å². The summed E-state index contributed by atoms with van der Waals surface area (Å²) in [5.74, 6) is 0.467. The number of nitrogen functional groups attached to an aromatic ring is 1. The number of ether oxygens (including phenoxy) is 1. The monoisotopic (exact) mass is 304 g/mol. The summed E-state index contributed by atoms with van der Waals surface area (Å²) in [6, 6.07) is 4.77. The van der Waals surface area contributed by atoms with Crippen LogP contribution >= 0.6 is 11.6 Å². The van der Waals surface area contributed by atoms with E-state index in [4.69, 9.17) is 22.1 Å². The molecule has 0 aliphatic carbocycles. The normalized spacial score (nSPS) is 11.0. The van der Waals surface area contributed by atoms with E-state index in [0.717, 1.165) is 16.6 Å². The molecule has 6 nitrogen and oxygen atoms in total. The molecule has 0 spiro atoms. The molecule has 0 fully saturated rings. The largest absolute Gasteiger partial charge is 0.506 e. The van der Waals surface area contributed by atoms with E-state index in [1.807, 2.05) is 6.92 Å². The summed E-state index contributed by atoms with van der Waals surface area (Å²) >= 11 is 5.96. The maximum Gasteiger partial charge on any atom is 0.146 e. The third-order valence-electron chi connectivity index (χ3n) is 3.27. The fraction of sp³-hybridized carbons (Fsp3) is 0.143. The van der Waals surface area contributed by atoms with Crippen molar-refractivity contribution >= 4 is 28.2 Å². The highest BCUT2D eigenvalue weighted by Crippen LogP contribution is 2.34. The molecule has 0 saturated carbocycles. The number of aromatic nitrogens is 3. The zero-order chi connectivity index (χ0) is 15.1. The van der Waals surface area contributed by atoms with Crippen molar-refractivity contribution in [3.63, 3.8) is 0 Å². The Hall–Kier alpha value is -2.47. The maximum absolute atomic E-state index is 9.85. The molecule has 3 N–H and O–H groups in total. The van der Waals surface area contributed by atoms with Crippen LogP contribution in [0.2, 0.25) is 5.15 Å². The number of methoxy groups -OCH3 is 1. The number of rotatable bonds is 2. The van der Waals surface area contributed by atoms with Crippen molar-refractivity contribution in [3.8, 4) is 17.2 Å². The van der Waals surface area contributed by atoms with Gasteiger partial charge in [0.2, 0.25) is 0 Å². The van der Waals surface area contributed by atoms with Gasteiger partial charge in [0, 0.05) is 29.8 Å². The number of benzene rings is 1. The molecular formula is C14H13ClN4O2. The predicted octanol–water partition coefficient (Wildman–Crippen LogP) is 2.68. The van der Waals surface area contributed by atoms with E-state index in [1.165, 1.54) is 13.2 Å². The molecule has 0 atom stereocenters. The molecule has 0 unspecified atom stereocenters. The van der Waals surface area contributed by atoms with Crippen molar-refractivity contribution in [2.24, 2.45) is 0 Å². The van der Waals surface area contributed by atoms with Gasteiger partial charge in [-0.05, 0) is 6.92 Å². The average molecular weight is 305 g/mol. The minimum Gasteiger partial charge on any atom is -0.506 e. The van der Waals surface area contributed by atoms with Crippen LogP contribution in [0.4, 0.5) is 5.69 Å². The summed E-state index contributed by atoms with van der Waals surface area (Å²) in [4.78, 5) is 4.06. The van der Waals surface area contributed by atoms with Gasteiger partial charge in [-0.1, -0.05) is 11.6 Å². The Labute approximate surface area is 125 Å². The molecule has 0 bridgehead atoms. The van der Waals surface area contributed by atoms with Crippen molar-refractivity contribution in [1.82, 2.24) is 14.8 Å². The van der Waals surface area contributed by atoms with E-state index < -0.39 is 0 Å². The molecule has 0 saturated heterocycles. The number of phenols is 1. The molecule has 0 aliphatic rings. The van der Waals surface area contributed by atoms with Gasteiger partial charge in [0.25, 0.3) is 0 Å². The summed E-state index contributed by atoms with van der Waals surface area (Å²) < 4.78 is 6.97. The summed E-state index contributed by atoms with van der Waals surface area (Å²) in [6.07, 6.45) is 1.67. The van der Waals surface area contributed by atoms with E-state index in [2.05, 4.69) is 10.1 Å². The number of hydrogen-bond acceptors (Lipinski definition) is 5. The minimum absolute atomic E-state index is 0.0349. The first-order valence-electron chi connectivity index (χ1n) is 6.19. The summed E-state index contributed by atoms with van der Waals surface area (Å²) in [5.41, 5.74) is 8.08. The Morgan fingerprint density at radius 3 is 2.81 bits per heavy atom. The first-order valence-corrected chi connectivity index (χ1v) is 6.56. The number of hydrogen-bond donors (Lipinski definition) is 2. The van der Waals surface area contributed by atoms with Crippen LogP contribution in [0, 0.1) is 6.92 Å². The Balaban J connectivity index is 2.35. The van der Waals surface area contributed by atoms with E-state index >= 15 is 0 Å². The molecule has 3 rings (SSSR count). The van der Waals surface area contributed by atoms with Gasteiger partial charge in [0.15, 0.2) is 0 Å². The topological polar surface area (TPSA) is 86.2 Å². The van der Waals surface area contributed by atoms with Gasteiger partial charge in [-0.2, -0.15) is 5.10 Å². The van der Waals surface area contributed by atoms with Gasteiger partial charge in [-0.15, -0.1) is 0 Å². The number of anilines is 1. The number of halogens is 1. The van der Waals surface area contributed by atoms with E-state index in [0.29, 0.717) is 16.6 Å². The Morgan fingerprint density at radius 2 is 2.10 bits per heavy atom. The van der Waals surface area contributed by atoms with Crippen molar-refractivity contribution in [2.75, 3.05) is 12.8 Å². The Morgan fingerprint density at radius 1 is 1.33 bits per heavy atom. The highest BCUT2D eigenvalue weighted by molar-refractivity contribution is 6.30. The van der Waals surface area contributed by atoms with Crippen LogP contribution in [-0.2, 0) is 0 Å². The highest BCUT2D eigenvalue weighted by Gasteiger charge is 2.15. The molecule has 21 heavy (non-hydrogen) atoms. The minimum atomic E-state index is -0.0349. The number of phenolic OH excluding ortho intramolecular Hbond substituents is 1. The van der Waals surface area contributed by atoms with Crippen molar-refractivity contribution < 1.29 is 9.84 Å². The first-order chi connectivity index (χ1) is 10.0. The second-order valence-electron chi connectivity index (χ2n) is 4.60. The molecule has 0 radical (unpaired) electrons. The molecule has 108 valence electrons. The Kier molecular flexibility index (Phi) is 3.10. The third kappa shape index (κ3) is 2.13.